The number of nitrogens with one attached hydrogen (secondary N) is 2. The van der Waals surface area contributed by atoms with Crippen molar-refractivity contribution in [2.24, 2.45) is 5.92 Å². The van der Waals surface area contributed by atoms with Gasteiger partial charge >= 0.3 is 0 Å². The van der Waals surface area contributed by atoms with Crippen molar-refractivity contribution in [1.82, 2.24) is 9.97 Å². The summed E-state index contributed by atoms with van der Waals surface area (Å²) in [5.74, 6) is 2.25. The van der Waals surface area contributed by atoms with Crippen LogP contribution in [0.25, 0.3) is 0 Å². The quantitative estimate of drug-likeness (QED) is 0.798. The Bertz CT molecular complexity index is 413. The van der Waals surface area contributed by atoms with Crippen molar-refractivity contribution in [3.05, 3.63) is 22.2 Å². The lowest BCUT2D eigenvalue weighted by Gasteiger charge is -2.05. The standard InChI is InChI=1S/C12H19N3O/c1-3-5-8-6-9(8)13-11-7-12(16)15-10(4-2)14-11/h7-9H,3-6H2,1-2H3,(H2,13,14,15,16). The van der Waals surface area contributed by atoms with Gasteiger partial charge in [0.2, 0.25) is 0 Å². The van der Waals surface area contributed by atoms with Crippen LogP contribution in [0, 0.1) is 5.92 Å². The van der Waals surface area contributed by atoms with E-state index in [9.17, 15) is 4.79 Å². The van der Waals surface area contributed by atoms with Gasteiger partial charge in [0.1, 0.15) is 11.6 Å². The van der Waals surface area contributed by atoms with Crippen LogP contribution >= 0.6 is 0 Å². The first-order chi connectivity index (χ1) is 7.72. The second-order valence-electron chi connectivity index (χ2n) is 4.47. The number of hydrogen-bond donors (Lipinski definition) is 2. The fourth-order valence-electron chi connectivity index (χ4n) is 2.05. The maximum atomic E-state index is 11.3. The second kappa shape index (κ2) is 4.68. The molecule has 0 radical (unpaired) electrons. The van der Waals surface area contributed by atoms with Gasteiger partial charge < -0.3 is 10.3 Å². The van der Waals surface area contributed by atoms with Crippen LogP contribution in [-0.4, -0.2) is 16.0 Å². The Labute approximate surface area is 95.5 Å². The second-order valence-corrected chi connectivity index (χ2v) is 4.47. The monoisotopic (exact) mass is 221 g/mol. The largest absolute Gasteiger partial charge is 0.367 e. The van der Waals surface area contributed by atoms with E-state index < -0.39 is 0 Å². The van der Waals surface area contributed by atoms with Crippen molar-refractivity contribution in [2.75, 3.05) is 5.32 Å². The third-order valence-electron chi connectivity index (χ3n) is 3.04. The van der Waals surface area contributed by atoms with Gasteiger partial charge in [-0.1, -0.05) is 20.3 Å². The molecule has 0 saturated heterocycles. The van der Waals surface area contributed by atoms with E-state index in [1.807, 2.05) is 6.92 Å². The lowest BCUT2D eigenvalue weighted by molar-refractivity contribution is 0.691. The molecule has 0 bridgehead atoms. The fourth-order valence-corrected chi connectivity index (χ4v) is 2.05. The van der Waals surface area contributed by atoms with Crippen molar-refractivity contribution in [2.45, 2.75) is 45.6 Å². The average Bonchev–Trinajstić information content (AvgIpc) is 2.96. The minimum atomic E-state index is -0.0676. The molecule has 0 spiro atoms. The first-order valence-corrected chi connectivity index (χ1v) is 6.09. The Morgan fingerprint density at radius 3 is 3.06 bits per heavy atom. The summed E-state index contributed by atoms with van der Waals surface area (Å²) in [6.07, 6.45) is 4.46. The summed E-state index contributed by atoms with van der Waals surface area (Å²) in [5.41, 5.74) is -0.0676. The zero-order chi connectivity index (χ0) is 11.5. The van der Waals surface area contributed by atoms with Crippen molar-refractivity contribution >= 4 is 5.82 Å². The molecule has 1 saturated carbocycles. The number of nitrogens with zero attached hydrogens (tertiary/aromatic N) is 1. The first-order valence-electron chi connectivity index (χ1n) is 6.09. The van der Waals surface area contributed by atoms with Crippen molar-refractivity contribution in [3.63, 3.8) is 0 Å². The lowest BCUT2D eigenvalue weighted by Crippen LogP contribution is -2.15. The highest BCUT2D eigenvalue weighted by molar-refractivity contribution is 5.36. The number of hydrogen-bond acceptors (Lipinski definition) is 3. The van der Waals surface area contributed by atoms with Crippen LogP contribution < -0.4 is 10.9 Å². The Morgan fingerprint density at radius 2 is 2.38 bits per heavy atom. The van der Waals surface area contributed by atoms with Crippen LogP contribution in [0.1, 0.15) is 38.9 Å². The Morgan fingerprint density at radius 1 is 1.56 bits per heavy atom. The van der Waals surface area contributed by atoms with Gasteiger partial charge in [-0.05, 0) is 18.8 Å². The molecule has 1 aromatic heterocycles. The van der Waals surface area contributed by atoms with Gasteiger partial charge in [-0.15, -0.1) is 0 Å². The molecule has 88 valence electrons. The highest BCUT2D eigenvalue weighted by Gasteiger charge is 2.36. The van der Waals surface area contributed by atoms with E-state index in [1.165, 1.54) is 19.3 Å². The van der Waals surface area contributed by atoms with Gasteiger partial charge in [-0.3, -0.25) is 4.79 Å². The molecule has 0 aliphatic heterocycles. The fraction of sp³-hybridized carbons (Fsp3) is 0.667. The highest BCUT2D eigenvalue weighted by Crippen LogP contribution is 2.36. The molecule has 2 N–H and O–H groups in total. The third kappa shape index (κ3) is 2.62. The summed E-state index contributed by atoms with van der Waals surface area (Å²) >= 11 is 0. The van der Waals surface area contributed by atoms with Gasteiger partial charge in [-0.2, -0.15) is 0 Å². The Kier molecular flexibility index (Phi) is 3.27. The van der Waals surface area contributed by atoms with E-state index in [4.69, 9.17) is 0 Å². The number of H-pyrrole nitrogens is 1. The molecule has 4 nitrogen and oxygen atoms in total. The SMILES string of the molecule is CCCC1CC1Nc1cc(=O)[nH]c(CC)n1. The molecule has 2 unspecified atom stereocenters. The van der Waals surface area contributed by atoms with Crippen LogP contribution in [0.3, 0.4) is 0 Å². The van der Waals surface area contributed by atoms with Crippen molar-refractivity contribution < 1.29 is 0 Å². The molecule has 16 heavy (non-hydrogen) atoms. The molecular weight excluding hydrogens is 202 g/mol. The van der Waals surface area contributed by atoms with E-state index in [1.54, 1.807) is 6.07 Å². The Balaban J connectivity index is 2.00. The third-order valence-corrected chi connectivity index (χ3v) is 3.04. The summed E-state index contributed by atoms with van der Waals surface area (Å²) in [4.78, 5) is 18.4. The van der Waals surface area contributed by atoms with Crippen LogP contribution in [0.15, 0.2) is 10.9 Å². The molecule has 0 amide bonds. The van der Waals surface area contributed by atoms with Gasteiger partial charge in [0.25, 0.3) is 5.56 Å². The summed E-state index contributed by atoms with van der Waals surface area (Å²) < 4.78 is 0. The van der Waals surface area contributed by atoms with Gasteiger partial charge in [-0.25, -0.2) is 4.98 Å². The number of aromatic amines is 1. The van der Waals surface area contributed by atoms with E-state index in [0.717, 1.165) is 24.0 Å². The van der Waals surface area contributed by atoms with E-state index >= 15 is 0 Å². The van der Waals surface area contributed by atoms with Crippen LogP contribution in [0.5, 0.6) is 0 Å². The number of aromatic nitrogens is 2. The zero-order valence-electron chi connectivity index (χ0n) is 9.92. The molecule has 2 rings (SSSR count). The maximum Gasteiger partial charge on any atom is 0.252 e. The van der Waals surface area contributed by atoms with Crippen LogP contribution in [0.4, 0.5) is 5.82 Å². The van der Waals surface area contributed by atoms with Crippen molar-refractivity contribution in [3.8, 4) is 0 Å². The predicted molar refractivity (Wildman–Crippen MR) is 64.7 cm³/mol. The molecule has 1 heterocycles. The number of aryl methyl sites for hydroxylation is 1. The molecule has 1 aromatic rings. The molecule has 1 fully saturated rings. The number of rotatable bonds is 5. The van der Waals surface area contributed by atoms with Crippen molar-refractivity contribution in [1.29, 1.82) is 0 Å². The Hall–Kier alpha value is -1.32. The topological polar surface area (TPSA) is 57.8 Å². The zero-order valence-corrected chi connectivity index (χ0v) is 9.92. The van der Waals surface area contributed by atoms with Crippen LogP contribution in [0.2, 0.25) is 0 Å². The summed E-state index contributed by atoms with van der Waals surface area (Å²) in [7, 11) is 0. The first kappa shape index (κ1) is 11.2. The summed E-state index contributed by atoms with van der Waals surface area (Å²) in [6, 6.07) is 2.07. The number of anilines is 1. The molecule has 1 aliphatic carbocycles. The molecule has 1 aliphatic rings. The van der Waals surface area contributed by atoms with Gasteiger partial charge in [0.05, 0.1) is 0 Å². The van der Waals surface area contributed by atoms with E-state index in [0.29, 0.717) is 6.04 Å². The predicted octanol–water partition coefficient (Wildman–Crippen LogP) is 1.93. The highest BCUT2D eigenvalue weighted by atomic mass is 16.1. The van der Waals surface area contributed by atoms with Crippen LogP contribution in [-0.2, 0) is 6.42 Å². The van der Waals surface area contributed by atoms with Gasteiger partial charge in [0.15, 0.2) is 0 Å². The summed E-state index contributed by atoms with van der Waals surface area (Å²) in [6.45, 7) is 4.19. The smallest absolute Gasteiger partial charge is 0.252 e. The minimum absolute atomic E-state index is 0.0676. The van der Waals surface area contributed by atoms with E-state index in [-0.39, 0.29) is 5.56 Å². The van der Waals surface area contributed by atoms with E-state index in [2.05, 4.69) is 22.2 Å². The molecular formula is C12H19N3O. The lowest BCUT2D eigenvalue weighted by atomic mass is 10.2. The molecule has 4 heteroatoms. The minimum Gasteiger partial charge on any atom is -0.367 e. The molecule has 2 atom stereocenters. The van der Waals surface area contributed by atoms with Gasteiger partial charge in [0, 0.05) is 18.5 Å². The normalized spacial score (nSPS) is 23.1. The molecule has 0 aromatic carbocycles. The maximum absolute atomic E-state index is 11.3. The summed E-state index contributed by atoms with van der Waals surface area (Å²) in [5, 5.41) is 3.34. The average molecular weight is 221 g/mol.